The van der Waals surface area contributed by atoms with Crippen molar-refractivity contribution in [3.63, 3.8) is 0 Å². The minimum absolute atomic E-state index is 0.106. The Balaban J connectivity index is 2.20. The van der Waals surface area contributed by atoms with E-state index in [0.29, 0.717) is 5.02 Å². The highest BCUT2D eigenvalue weighted by Crippen LogP contribution is 2.30. The van der Waals surface area contributed by atoms with Gasteiger partial charge in [-0.25, -0.2) is 4.98 Å². The van der Waals surface area contributed by atoms with Gasteiger partial charge in [0, 0.05) is 23.2 Å². The molecule has 2 aromatic rings. The number of halogens is 1. The van der Waals surface area contributed by atoms with Gasteiger partial charge in [-0.1, -0.05) is 11.6 Å². The fourth-order valence-electron chi connectivity index (χ4n) is 1.81. The summed E-state index contributed by atoms with van der Waals surface area (Å²) in [7, 11) is 0. The van der Waals surface area contributed by atoms with Crippen LogP contribution in [0.5, 0.6) is 5.75 Å². The van der Waals surface area contributed by atoms with Crippen molar-refractivity contribution in [2.75, 3.05) is 0 Å². The van der Waals surface area contributed by atoms with Crippen LogP contribution in [0.1, 0.15) is 25.6 Å². The molecular weight excluding hydrogens is 282 g/mol. The van der Waals surface area contributed by atoms with Crippen LogP contribution in [0, 0.1) is 10.1 Å². The summed E-state index contributed by atoms with van der Waals surface area (Å²) >= 11 is 5.84. The number of ether oxygens (including phenoxy) is 1. The highest BCUT2D eigenvalue weighted by Gasteiger charge is 2.16. The summed E-state index contributed by atoms with van der Waals surface area (Å²) in [6, 6.07) is 4.48. The topological polar surface area (TPSA) is 70.2 Å². The van der Waals surface area contributed by atoms with Crippen LogP contribution >= 0.6 is 11.6 Å². The van der Waals surface area contributed by atoms with Crippen LogP contribution in [0.3, 0.4) is 0 Å². The third kappa shape index (κ3) is 3.08. The lowest BCUT2D eigenvalue weighted by atomic mass is 10.3. The van der Waals surface area contributed by atoms with Crippen molar-refractivity contribution in [2.24, 2.45) is 0 Å². The van der Waals surface area contributed by atoms with Crippen molar-refractivity contribution in [2.45, 2.75) is 26.5 Å². The first-order valence-corrected chi connectivity index (χ1v) is 6.44. The molecule has 0 saturated carbocycles. The van der Waals surface area contributed by atoms with Crippen LogP contribution in [0.25, 0.3) is 0 Å². The van der Waals surface area contributed by atoms with Gasteiger partial charge in [0.1, 0.15) is 6.61 Å². The van der Waals surface area contributed by atoms with Crippen molar-refractivity contribution in [3.05, 3.63) is 51.6 Å². The number of nitro groups is 1. The van der Waals surface area contributed by atoms with E-state index in [9.17, 15) is 10.1 Å². The molecule has 0 amide bonds. The normalized spacial score (nSPS) is 10.8. The highest BCUT2D eigenvalue weighted by molar-refractivity contribution is 6.30. The second-order valence-corrected chi connectivity index (χ2v) is 4.98. The fraction of sp³-hybridized carbons (Fsp3) is 0.308. The zero-order valence-electron chi connectivity index (χ0n) is 11.1. The molecule has 2 rings (SSSR count). The third-order valence-corrected chi connectivity index (χ3v) is 3.03. The van der Waals surface area contributed by atoms with E-state index in [0.717, 1.165) is 5.69 Å². The fourth-order valence-corrected chi connectivity index (χ4v) is 1.98. The molecule has 0 spiro atoms. The molecule has 0 aliphatic rings. The zero-order chi connectivity index (χ0) is 14.7. The van der Waals surface area contributed by atoms with Gasteiger partial charge in [-0.15, -0.1) is 0 Å². The monoisotopic (exact) mass is 295 g/mol. The second kappa shape index (κ2) is 5.92. The Morgan fingerprint density at radius 3 is 2.90 bits per heavy atom. The smallest absolute Gasteiger partial charge is 0.311 e. The van der Waals surface area contributed by atoms with Crippen molar-refractivity contribution in [1.82, 2.24) is 9.55 Å². The van der Waals surface area contributed by atoms with E-state index in [1.54, 1.807) is 12.5 Å². The summed E-state index contributed by atoms with van der Waals surface area (Å²) < 4.78 is 7.47. The number of nitrogens with zero attached hydrogens (tertiary/aromatic N) is 3. The van der Waals surface area contributed by atoms with Crippen LogP contribution in [-0.4, -0.2) is 14.5 Å². The van der Waals surface area contributed by atoms with E-state index in [1.165, 1.54) is 18.2 Å². The molecule has 1 aromatic carbocycles. The molecule has 0 bridgehead atoms. The van der Waals surface area contributed by atoms with Crippen molar-refractivity contribution in [3.8, 4) is 5.75 Å². The molecule has 0 aliphatic carbocycles. The van der Waals surface area contributed by atoms with E-state index in [4.69, 9.17) is 16.3 Å². The molecule has 0 atom stereocenters. The van der Waals surface area contributed by atoms with Gasteiger partial charge in [-0.05, 0) is 19.9 Å². The lowest BCUT2D eigenvalue weighted by molar-refractivity contribution is -0.385. The predicted molar refractivity (Wildman–Crippen MR) is 75.1 cm³/mol. The number of aromatic nitrogens is 2. The first-order valence-electron chi connectivity index (χ1n) is 6.06. The molecule has 0 fully saturated rings. The molecule has 7 heteroatoms. The Kier molecular flexibility index (Phi) is 4.24. The number of hydrogen-bond acceptors (Lipinski definition) is 4. The summed E-state index contributed by atoms with van der Waals surface area (Å²) in [5, 5.41) is 11.3. The first-order chi connectivity index (χ1) is 9.49. The Morgan fingerprint density at radius 2 is 2.25 bits per heavy atom. The average molecular weight is 296 g/mol. The van der Waals surface area contributed by atoms with Crippen LogP contribution in [0.4, 0.5) is 5.69 Å². The number of benzene rings is 1. The molecule has 0 N–H and O–H groups in total. The van der Waals surface area contributed by atoms with Gasteiger partial charge < -0.3 is 9.30 Å². The molecule has 1 heterocycles. The Bertz CT molecular complexity index is 625. The first kappa shape index (κ1) is 14.3. The Morgan fingerprint density at radius 1 is 1.50 bits per heavy atom. The van der Waals surface area contributed by atoms with E-state index in [-0.39, 0.29) is 24.1 Å². The van der Waals surface area contributed by atoms with Crippen molar-refractivity contribution in [1.29, 1.82) is 0 Å². The summed E-state index contributed by atoms with van der Waals surface area (Å²) in [6.45, 7) is 4.24. The highest BCUT2D eigenvalue weighted by atomic mass is 35.5. The van der Waals surface area contributed by atoms with Crippen molar-refractivity contribution < 1.29 is 9.66 Å². The van der Waals surface area contributed by atoms with E-state index < -0.39 is 4.92 Å². The molecule has 0 radical (unpaired) electrons. The molecule has 106 valence electrons. The molecular formula is C13H14ClN3O3. The number of imidazole rings is 1. The molecule has 1 aromatic heterocycles. The van der Waals surface area contributed by atoms with Crippen LogP contribution in [0.2, 0.25) is 5.02 Å². The lowest BCUT2D eigenvalue weighted by Crippen LogP contribution is -2.07. The summed E-state index contributed by atoms with van der Waals surface area (Å²) in [5.41, 5.74) is 0.735. The molecule has 20 heavy (non-hydrogen) atoms. The third-order valence-electron chi connectivity index (χ3n) is 2.80. The number of hydrogen-bond donors (Lipinski definition) is 0. The van der Waals surface area contributed by atoms with Gasteiger partial charge >= 0.3 is 5.69 Å². The Labute approximate surface area is 121 Å². The zero-order valence-corrected chi connectivity index (χ0v) is 11.9. The molecule has 6 nitrogen and oxygen atoms in total. The van der Waals surface area contributed by atoms with Gasteiger partial charge in [0.05, 0.1) is 23.1 Å². The van der Waals surface area contributed by atoms with E-state index in [2.05, 4.69) is 4.98 Å². The summed E-state index contributed by atoms with van der Waals surface area (Å²) in [6.07, 6.45) is 3.38. The summed E-state index contributed by atoms with van der Waals surface area (Å²) in [5.74, 6) is 0.152. The second-order valence-electron chi connectivity index (χ2n) is 4.54. The van der Waals surface area contributed by atoms with Gasteiger partial charge in [-0.3, -0.25) is 10.1 Å². The lowest BCUT2D eigenvalue weighted by Gasteiger charge is -2.12. The van der Waals surface area contributed by atoms with Gasteiger partial charge in [0.25, 0.3) is 0 Å². The van der Waals surface area contributed by atoms with E-state index in [1.807, 2.05) is 18.4 Å². The SMILES string of the molecule is CC(C)n1cncc1COc1cc(Cl)ccc1[N+](=O)[O-]. The van der Waals surface area contributed by atoms with Gasteiger partial charge in [-0.2, -0.15) is 0 Å². The standard InChI is InChI=1S/C13H14ClN3O3/c1-9(2)16-8-15-6-11(16)7-20-13-5-10(14)3-4-12(13)17(18)19/h3-6,8-9H,7H2,1-2H3. The molecule has 0 saturated heterocycles. The van der Waals surface area contributed by atoms with Crippen LogP contribution in [-0.2, 0) is 6.61 Å². The van der Waals surface area contributed by atoms with Crippen molar-refractivity contribution >= 4 is 17.3 Å². The average Bonchev–Trinajstić information content (AvgIpc) is 2.84. The summed E-state index contributed by atoms with van der Waals surface area (Å²) in [4.78, 5) is 14.5. The largest absolute Gasteiger partial charge is 0.480 e. The maximum atomic E-state index is 10.9. The number of nitro benzene ring substituents is 1. The maximum absolute atomic E-state index is 10.9. The van der Waals surface area contributed by atoms with Gasteiger partial charge in [0.2, 0.25) is 0 Å². The van der Waals surface area contributed by atoms with E-state index >= 15 is 0 Å². The quantitative estimate of drug-likeness (QED) is 0.624. The maximum Gasteiger partial charge on any atom is 0.311 e. The Hall–Kier alpha value is -2.08. The minimum Gasteiger partial charge on any atom is -0.480 e. The number of rotatable bonds is 5. The molecule has 0 unspecified atom stereocenters. The minimum atomic E-state index is -0.495. The molecule has 0 aliphatic heterocycles. The van der Waals surface area contributed by atoms with Gasteiger partial charge in [0.15, 0.2) is 5.75 Å². The van der Waals surface area contributed by atoms with Crippen LogP contribution in [0.15, 0.2) is 30.7 Å². The predicted octanol–water partition coefficient (Wildman–Crippen LogP) is 3.60. The van der Waals surface area contributed by atoms with Crippen LogP contribution < -0.4 is 4.74 Å².